The molecule has 0 aliphatic heterocycles. The fraction of sp³-hybridized carbons (Fsp3) is 0. The number of para-hydroxylation sites is 1. The molecule has 2 aromatic heterocycles. The lowest BCUT2D eigenvalue weighted by molar-refractivity contribution is 0.108. The van der Waals surface area contributed by atoms with Crippen molar-refractivity contribution in [2.24, 2.45) is 0 Å². The zero-order valence-corrected chi connectivity index (χ0v) is 10.6. The highest BCUT2D eigenvalue weighted by Gasteiger charge is 2.13. The number of aromatic nitrogens is 3. The van der Waals surface area contributed by atoms with Crippen LogP contribution < -0.4 is 0 Å². The number of halogens is 1. The fourth-order valence-electron chi connectivity index (χ4n) is 1.63. The summed E-state index contributed by atoms with van der Waals surface area (Å²) in [5.74, 6) is 0.224. The summed E-state index contributed by atoms with van der Waals surface area (Å²) in [5, 5.41) is 4.72. The number of nitrogens with zero attached hydrogens (tertiary/aromatic N) is 3. The van der Waals surface area contributed by atoms with Crippen LogP contribution in [-0.4, -0.2) is 21.4 Å². The third-order valence-corrected chi connectivity index (χ3v) is 3.04. The van der Waals surface area contributed by atoms with Crippen LogP contribution in [0.3, 0.4) is 0 Å². The van der Waals surface area contributed by atoms with Crippen molar-refractivity contribution in [2.75, 3.05) is 0 Å². The second-order valence-electron chi connectivity index (χ2n) is 3.59. The van der Waals surface area contributed by atoms with E-state index in [4.69, 9.17) is 4.52 Å². The minimum atomic E-state index is -0.0631. The maximum atomic E-state index is 10.5. The zero-order chi connectivity index (χ0) is 12.5. The van der Waals surface area contributed by atoms with Gasteiger partial charge in [0.1, 0.15) is 5.69 Å². The van der Waals surface area contributed by atoms with Crippen LogP contribution in [0.5, 0.6) is 0 Å². The molecule has 5 nitrogen and oxygen atoms in total. The minimum Gasteiger partial charge on any atom is -0.331 e. The van der Waals surface area contributed by atoms with E-state index >= 15 is 0 Å². The predicted molar refractivity (Wildman–Crippen MR) is 68.1 cm³/mol. The highest BCUT2D eigenvalue weighted by atomic mass is 79.9. The summed E-state index contributed by atoms with van der Waals surface area (Å²) in [6, 6.07) is 9.62. The molecule has 0 atom stereocenters. The van der Waals surface area contributed by atoms with Gasteiger partial charge in [0.05, 0.1) is 5.52 Å². The molecule has 3 rings (SSSR count). The summed E-state index contributed by atoms with van der Waals surface area (Å²) < 4.78 is 5.49. The average Bonchev–Trinajstić information content (AvgIpc) is 2.86. The molecule has 6 heteroatoms. The topological polar surface area (TPSA) is 68.9 Å². The van der Waals surface area contributed by atoms with E-state index in [1.54, 1.807) is 0 Å². The number of hydrogen-bond acceptors (Lipinski definition) is 5. The quantitative estimate of drug-likeness (QED) is 0.681. The monoisotopic (exact) mass is 303 g/mol. The summed E-state index contributed by atoms with van der Waals surface area (Å²) in [6.45, 7) is 0. The van der Waals surface area contributed by atoms with Crippen molar-refractivity contribution in [1.29, 1.82) is 0 Å². The van der Waals surface area contributed by atoms with Crippen molar-refractivity contribution in [2.45, 2.75) is 0 Å². The number of aldehydes is 1. The van der Waals surface area contributed by atoms with Gasteiger partial charge in [-0.1, -0.05) is 23.4 Å². The molecule has 0 aliphatic rings. The second kappa shape index (κ2) is 4.30. The van der Waals surface area contributed by atoms with Crippen molar-refractivity contribution in [3.05, 3.63) is 40.7 Å². The lowest BCUT2D eigenvalue weighted by Gasteiger charge is -2.01. The Morgan fingerprint density at radius 2 is 2.06 bits per heavy atom. The summed E-state index contributed by atoms with van der Waals surface area (Å²) >= 11 is 3.41. The van der Waals surface area contributed by atoms with E-state index in [1.165, 1.54) is 0 Å². The lowest BCUT2D eigenvalue weighted by atomic mass is 10.2. The third kappa shape index (κ3) is 1.80. The van der Waals surface area contributed by atoms with Crippen LogP contribution in [-0.2, 0) is 0 Å². The predicted octanol–water partition coefficient (Wildman–Crippen LogP) is 2.86. The highest BCUT2D eigenvalue weighted by Crippen LogP contribution is 2.27. The third-order valence-electron chi connectivity index (χ3n) is 2.43. The number of hydrogen-bond donors (Lipinski definition) is 0. The molecule has 0 amide bonds. The van der Waals surface area contributed by atoms with Crippen LogP contribution >= 0.6 is 15.9 Å². The van der Waals surface area contributed by atoms with E-state index < -0.39 is 0 Å². The Kier molecular flexibility index (Phi) is 2.64. The largest absolute Gasteiger partial charge is 0.331 e. The number of pyridine rings is 1. The molecular weight excluding hydrogens is 298 g/mol. The van der Waals surface area contributed by atoms with Gasteiger partial charge in [-0.2, -0.15) is 4.98 Å². The Bertz CT molecular complexity index is 739. The number of fused-ring (bicyclic) bond motifs is 1. The molecule has 0 radical (unpaired) electrons. The minimum absolute atomic E-state index is 0.0631. The van der Waals surface area contributed by atoms with Crippen LogP contribution in [0.1, 0.15) is 10.7 Å². The van der Waals surface area contributed by atoms with Gasteiger partial charge in [-0.3, -0.25) is 4.79 Å². The highest BCUT2D eigenvalue weighted by molar-refractivity contribution is 9.10. The van der Waals surface area contributed by atoms with Crippen molar-refractivity contribution in [3.63, 3.8) is 0 Å². The van der Waals surface area contributed by atoms with Gasteiger partial charge in [0.25, 0.3) is 5.89 Å². The number of rotatable bonds is 2. The SMILES string of the molecule is O=Cc1nc(-c2nc3ccccc3cc2Br)no1. The van der Waals surface area contributed by atoms with E-state index in [9.17, 15) is 4.79 Å². The van der Waals surface area contributed by atoms with E-state index in [1.807, 2.05) is 30.3 Å². The van der Waals surface area contributed by atoms with E-state index in [2.05, 4.69) is 31.1 Å². The Labute approximate surface area is 110 Å². The van der Waals surface area contributed by atoms with Crippen LogP contribution in [0, 0.1) is 0 Å². The molecule has 0 fully saturated rings. The van der Waals surface area contributed by atoms with E-state index in [-0.39, 0.29) is 11.7 Å². The summed E-state index contributed by atoms with van der Waals surface area (Å²) in [7, 11) is 0. The molecule has 3 aromatic rings. The van der Waals surface area contributed by atoms with Crippen LogP contribution in [0.25, 0.3) is 22.4 Å². The first-order valence-electron chi connectivity index (χ1n) is 5.12. The van der Waals surface area contributed by atoms with Crippen LogP contribution in [0.15, 0.2) is 39.3 Å². The molecule has 0 N–H and O–H groups in total. The summed E-state index contributed by atoms with van der Waals surface area (Å²) in [4.78, 5) is 18.9. The molecule has 0 saturated heterocycles. The van der Waals surface area contributed by atoms with E-state index in [0.29, 0.717) is 12.0 Å². The molecule has 0 bridgehead atoms. The van der Waals surface area contributed by atoms with Crippen molar-refractivity contribution in [3.8, 4) is 11.5 Å². The first-order valence-corrected chi connectivity index (χ1v) is 5.92. The van der Waals surface area contributed by atoms with Crippen LogP contribution in [0.4, 0.5) is 0 Å². The molecule has 0 spiro atoms. The maximum absolute atomic E-state index is 10.5. The Morgan fingerprint density at radius 3 is 2.83 bits per heavy atom. The molecular formula is C12H6BrN3O2. The average molecular weight is 304 g/mol. The summed E-state index contributed by atoms with van der Waals surface area (Å²) in [6.07, 6.45) is 0.505. The van der Waals surface area contributed by atoms with Gasteiger partial charge in [0.2, 0.25) is 12.1 Å². The van der Waals surface area contributed by atoms with Crippen molar-refractivity contribution < 1.29 is 9.32 Å². The Balaban J connectivity index is 2.21. The van der Waals surface area contributed by atoms with Crippen molar-refractivity contribution >= 4 is 33.1 Å². The van der Waals surface area contributed by atoms with Gasteiger partial charge in [0, 0.05) is 9.86 Å². The van der Waals surface area contributed by atoms with E-state index in [0.717, 1.165) is 15.4 Å². The van der Waals surface area contributed by atoms with Gasteiger partial charge < -0.3 is 4.52 Å². The standard InChI is InChI=1S/C12H6BrN3O2/c13-8-5-7-3-1-2-4-9(7)14-11(8)12-15-10(6-17)18-16-12/h1-6H. The second-order valence-corrected chi connectivity index (χ2v) is 4.44. The Morgan fingerprint density at radius 1 is 1.22 bits per heavy atom. The molecule has 0 unspecified atom stereocenters. The fourth-order valence-corrected chi connectivity index (χ4v) is 2.14. The van der Waals surface area contributed by atoms with Gasteiger partial charge in [0.15, 0.2) is 0 Å². The smallest absolute Gasteiger partial charge is 0.291 e. The van der Waals surface area contributed by atoms with Gasteiger partial charge in [-0.05, 0) is 28.1 Å². The number of benzene rings is 1. The Hall–Kier alpha value is -2.08. The number of carbonyl (C=O) groups excluding carboxylic acids is 1. The first kappa shape index (κ1) is 11.0. The van der Waals surface area contributed by atoms with Crippen molar-refractivity contribution in [1.82, 2.24) is 15.1 Å². The molecule has 1 aromatic carbocycles. The first-order chi connectivity index (χ1) is 8.78. The zero-order valence-electron chi connectivity index (χ0n) is 9.00. The lowest BCUT2D eigenvalue weighted by Crippen LogP contribution is -1.90. The van der Waals surface area contributed by atoms with Crippen LogP contribution in [0.2, 0.25) is 0 Å². The molecule has 0 aliphatic carbocycles. The number of carbonyl (C=O) groups is 1. The summed E-state index contributed by atoms with van der Waals surface area (Å²) in [5.41, 5.74) is 1.37. The molecule has 2 heterocycles. The molecule has 0 saturated carbocycles. The normalized spacial score (nSPS) is 10.7. The van der Waals surface area contributed by atoms with Gasteiger partial charge >= 0.3 is 0 Å². The van der Waals surface area contributed by atoms with Gasteiger partial charge in [-0.15, -0.1) is 0 Å². The van der Waals surface area contributed by atoms with Gasteiger partial charge in [-0.25, -0.2) is 4.98 Å². The molecule has 18 heavy (non-hydrogen) atoms. The maximum Gasteiger partial charge on any atom is 0.291 e. The molecule has 88 valence electrons.